The van der Waals surface area contributed by atoms with Crippen LogP contribution in [0.5, 0.6) is 0 Å². The van der Waals surface area contributed by atoms with E-state index in [-0.39, 0.29) is 6.04 Å². The van der Waals surface area contributed by atoms with Crippen LogP contribution in [-0.2, 0) is 6.42 Å². The quantitative estimate of drug-likeness (QED) is 0.876. The van der Waals surface area contributed by atoms with E-state index in [2.05, 4.69) is 40.5 Å². The van der Waals surface area contributed by atoms with Crippen LogP contribution in [0.3, 0.4) is 0 Å². The van der Waals surface area contributed by atoms with Crippen LogP contribution in [0.1, 0.15) is 31.0 Å². The maximum atomic E-state index is 6.03. The topological polar surface area (TPSA) is 49.8 Å². The number of nitrogens with zero attached hydrogens (tertiary/aromatic N) is 2. The molecule has 5 heteroatoms. The SMILES string of the molecule is CCc1c(NC)ncnc1NC(C)c1cccc(Cl)c1. The van der Waals surface area contributed by atoms with Crippen LogP contribution >= 0.6 is 11.6 Å². The summed E-state index contributed by atoms with van der Waals surface area (Å²) in [4.78, 5) is 8.59. The second kappa shape index (κ2) is 6.57. The van der Waals surface area contributed by atoms with Crippen LogP contribution in [0.15, 0.2) is 30.6 Å². The van der Waals surface area contributed by atoms with Crippen molar-refractivity contribution in [1.29, 1.82) is 0 Å². The number of hydrogen-bond donors (Lipinski definition) is 2. The molecule has 0 saturated carbocycles. The van der Waals surface area contributed by atoms with Gasteiger partial charge >= 0.3 is 0 Å². The van der Waals surface area contributed by atoms with Gasteiger partial charge in [0.1, 0.15) is 18.0 Å². The fourth-order valence-corrected chi connectivity index (χ4v) is 2.35. The van der Waals surface area contributed by atoms with Gasteiger partial charge in [0.15, 0.2) is 0 Å². The van der Waals surface area contributed by atoms with Crippen molar-refractivity contribution in [3.05, 3.63) is 46.7 Å². The first-order chi connectivity index (χ1) is 9.65. The van der Waals surface area contributed by atoms with Crippen molar-refractivity contribution in [2.24, 2.45) is 0 Å². The van der Waals surface area contributed by atoms with Crippen LogP contribution in [-0.4, -0.2) is 17.0 Å². The monoisotopic (exact) mass is 290 g/mol. The van der Waals surface area contributed by atoms with Gasteiger partial charge in [-0.25, -0.2) is 9.97 Å². The highest BCUT2D eigenvalue weighted by Crippen LogP contribution is 2.25. The number of halogens is 1. The standard InChI is InChI=1S/C15H19ClN4/c1-4-13-14(17-3)18-9-19-15(13)20-10(2)11-6-5-7-12(16)8-11/h5-10H,4H2,1-3H3,(H2,17,18,19,20). The zero-order valence-corrected chi connectivity index (χ0v) is 12.7. The van der Waals surface area contributed by atoms with Gasteiger partial charge in [-0.05, 0) is 31.0 Å². The Bertz CT molecular complexity index is 586. The molecule has 0 spiro atoms. The van der Waals surface area contributed by atoms with Gasteiger partial charge in [-0.15, -0.1) is 0 Å². The molecule has 0 saturated heterocycles. The molecule has 106 valence electrons. The summed E-state index contributed by atoms with van der Waals surface area (Å²) in [5.41, 5.74) is 2.22. The summed E-state index contributed by atoms with van der Waals surface area (Å²) in [6.07, 6.45) is 2.43. The molecule has 2 aromatic rings. The largest absolute Gasteiger partial charge is 0.373 e. The lowest BCUT2D eigenvalue weighted by Crippen LogP contribution is -2.11. The highest BCUT2D eigenvalue weighted by molar-refractivity contribution is 6.30. The van der Waals surface area contributed by atoms with Gasteiger partial charge in [-0.3, -0.25) is 0 Å². The summed E-state index contributed by atoms with van der Waals surface area (Å²) in [5, 5.41) is 7.27. The molecule has 0 aliphatic carbocycles. The van der Waals surface area contributed by atoms with Crippen molar-refractivity contribution in [1.82, 2.24) is 9.97 Å². The third-order valence-corrected chi connectivity index (χ3v) is 3.47. The minimum absolute atomic E-state index is 0.124. The number of anilines is 2. The van der Waals surface area contributed by atoms with Crippen LogP contribution in [0, 0.1) is 0 Å². The maximum absolute atomic E-state index is 6.03. The Kier molecular flexibility index (Phi) is 4.79. The average molecular weight is 291 g/mol. The number of benzene rings is 1. The van der Waals surface area contributed by atoms with E-state index < -0.39 is 0 Å². The summed E-state index contributed by atoms with van der Waals surface area (Å²) in [5.74, 6) is 1.72. The first-order valence-corrected chi connectivity index (χ1v) is 7.07. The third kappa shape index (κ3) is 3.20. The van der Waals surface area contributed by atoms with Crippen molar-refractivity contribution >= 4 is 23.2 Å². The fraction of sp³-hybridized carbons (Fsp3) is 0.333. The molecule has 0 fully saturated rings. The lowest BCUT2D eigenvalue weighted by atomic mass is 10.1. The normalized spacial score (nSPS) is 12.0. The van der Waals surface area contributed by atoms with Gasteiger partial charge in [0.2, 0.25) is 0 Å². The van der Waals surface area contributed by atoms with Crippen LogP contribution in [0.2, 0.25) is 5.02 Å². The van der Waals surface area contributed by atoms with Crippen molar-refractivity contribution < 1.29 is 0 Å². The minimum Gasteiger partial charge on any atom is -0.373 e. The zero-order valence-electron chi connectivity index (χ0n) is 11.9. The van der Waals surface area contributed by atoms with Crippen molar-refractivity contribution in [2.45, 2.75) is 26.3 Å². The molecule has 1 aromatic heterocycles. The summed E-state index contributed by atoms with van der Waals surface area (Å²) < 4.78 is 0. The van der Waals surface area contributed by atoms with Gasteiger partial charge in [0.25, 0.3) is 0 Å². The van der Waals surface area contributed by atoms with Gasteiger partial charge in [0.05, 0.1) is 6.04 Å². The highest BCUT2D eigenvalue weighted by atomic mass is 35.5. The molecule has 1 aromatic carbocycles. The number of aromatic nitrogens is 2. The molecule has 0 aliphatic rings. The number of nitrogens with one attached hydrogen (secondary N) is 2. The van der Waals surface area contributed by atoms with Crippen LogP contribution in [0.25, 0.3) is 0 Å². The summed E-state index contributed by atoms with van der Waals surface area (Å²) >= 11 is 6.03. The Morgan fingerprint density at radius 3 is 2.65 bits per heavy atom. The van der Waals surface area contributed by atoms with E-state index in [0.29, 0.717) is 0 Å². The van der Waals surface area contributed by atoms with Crippen LogP contribution < -0.4 is 10.6 Å². The Labute approximate surface area is 124 Å². The summed E-state index contributed by atoms with van der Waals surface area (Å²) in [7, 11) is 1.87. The first-order valence-electron chi connectivity index (χ1n) is 6.69. The molecular formula is C15H19ClN4. The maximum Gasteiger partial charge on any atom is 0.135 e. The summed E-state index contributed by atoms with van der Waals surface area (Å²) in [6, 6.07) is 7.97. The molecule has 2 N–H and O–H groups in total. The van der Waals surface area contributed by atoms with E-state index in [4.69, 9.17) is 11.6 Å². The van der Waals surface area contributed by atoms with E-state index in [0.717, 1.165) is 34.2 Å². The fourth-order valence-electron chi connectivity index (χ4n) is 2.15. The smallest absolute Gasteiger partial charge is 0.135 e. The van der Waals surface area contributed by atoms with Crippen molar-refractivity contribution in [3.8, 4) is 0 Å². The van der Waals surface area contributed by atoms with E-state index >= 15 is 0 Å². The Balaban J connectivity index is 2.25. The molecule has 1 unspecified atom stereocenters. The van der Waals surface area contributed by atoms with Gasteiger partial charge < -0.3 is 10.6 Å². The molecule has 0 amide bonds. The lowest BCUT2D eigenvalue weighted by Gasteiger charge is -2.18. The highest BCUT2D eigenvalue weighted by Gasteiger charge is 2.12. The second-order valence-corrected chi connectivity index (χ2v) is 5.01. The predicted octanol–water partition coefficient (Wildman–Crippen LogP) is 3.91. The Morgan fingerprint density at radius 2 is 2.00 bits per heavy atom. The molecule has 0 bridgehead atoms. The summed E-state index contributed by atoms with van der Waals surface area (Å²) in [6.45, 7) is 4.18. The first kappa shape index (κ1) is 14.6. The molecular weight excluding hydrogens is 272 g/mol. The number of rotatable bonds is 5. The predicted molar refractivity (Wildman–Crippen MR) is 84.4 cm³/mol. The third-order valence-electron chi connectivity index (χ3n) is 3.24. The molecule has 2 rings (SSSR count). The van der Waals surface area contributed by atoms with Gasteiger partial charge in [-0.1, -0.05) is 30.7 Å². The lowest BCUT2D eigenvalue weighted by molar-refractivity contribution is 0.863. The molecule has 0 radical (unpaired) electrons. The molecule has 1 heterocycles. The van der Waals surface area contributed by atoms with E-state index in [1.54, 1.807) is 6.33 Å². The average Bonchev–Trinajstić information content (AvgIpc) is 2.46. The van der Waals surface area contributed by atoms with E-state index in [1.807, 2.05) is 25.2 Å². The minimum atomic E-state index is 0.124. The van der Waals surface area contributed by atoms with Crippen molar-refractivity contribution in [2.75, 3.05) is 17.7 Å². The molecule has 20 heavy (non-hydrogen) atoms. The van der Waals surface area contributed by atoms with E-state index in [9.17, 15) is 0 Å². The Hall–Kier alpha value is -1.81. The van der Waals surface area contributed by atoms with Crippen molar-refractivity contribution in [3.63, 3.8) is 0 Å². The van der Waals surface area contributed by atoms with E-state index in [1.165, 1.54) is 0 Å². The van der Waals surface area contributed by atoms with Crippen LogP contribution in [0.4, 0.5) is 11.6 Å². The van der Waals surface area contributed by atoms with Gasteiger partial charge in [-0.2, -0.15) is 0 Å². The molecule has 4 nitrogen and oxygen atoms in total. The zero-order chi connectivity index (χ0) is 14.5. The molecule has 1 atom stereocenters. The Morgan fingerprint density at radius 1 is 1.25 bits per heavy atom. The molecule has 0 aliphatic heterocycles. The number of hydrogen-bond acceptors (Lipinski definition) is 4. The second-order valence-electron chi connectivity index (χ2n) is 4.57. The van der Waals surface area contributed by atoms with Gasteiger partial charge in [0, 0.05) is 17.6 Å².